The summed E-state index contributed by atoms with van der Waals surface area (Å²) in [5, 5.41) is 8.23. The molecule has 3 N–H and O–H groups in total. The van der Waals surface area contributed by atoms with Crippen LogP contribution in [0.1, 0.15) is 41.8 Å². The highest BCUT2D eigenvalue weighted by atomic mass is 16.6. The van der Waals surface area contributed by atoms with Crippen molar-refractivity contribution in [2.75, 3.05) is 26.3 Å². The predicted octanol–water partition coefficient (Wildman–Crippen LogP) is 4.14. The van der Waals surface area contributed by atoms with Gasteiger partial charge in [-0.1, -0.05) is 24.3 Å². The van der Waals surface area contributed by atoms with Gasteiger partial charge in [0.1, 0.15) is 11.6 Å². The van der Waals surface area contributed by atoms with E-state index in [1.54, 1.807) is 29.2 Å². The zero-order valence-electron chi connectivity index (χ0n) is 20.0. The van der Waals surface area contributed by atoms with Crippen LogP contribution in [0.5, 0.6) is 5.75 Å². The highest BCUT2D eigenvalue weighted by molar-refractivity contribution is 6.08. The molecule has 0 saturated carbocycles. The highest BCUT2D eigenvalue weighted by Gasteiger charge is 2.18. The number of aromatic nitrogens is 1. The van der Waals surface area contributed by atoms with Gasteiger partial charge in [-0.3, -0.25) is 10.2 Å². The molecule has 0 fully saturated rings. The Morgan fingerprint density at radius 3 is 2.50 bits per heavy atom. The number of nitrogens with two attached hydrogens (primary N) is 1. The normalized spacial score (nSPS) is 10.9. The third-order valence-corrected chi connectivity index (χ3v) is 5.72. The molecule has 1 amide bonds. The van der Waals surface area contributed by atoms with E-state index in [-0.39, 0.29) is 11.6 Å². The number of ketones is 1. The molecule has 3 aromatic rings. The first-order valence-corrected chi connectivity index (χ1v) is 11.4. The lowest BCUT2D eigenvalue weighted by atomic mass is 10.0. The van der Waals surface area contributed by atoms with Crippen LogP contribution in [-0.2, 0) is 18.2 Å². The maximum absolute atomic E-state index is 13.1. The number of fused-ring (bicyclic) bond motifs is 1. The van der Waals surface area contributed by atoms with Crippen molar-refractivity contribution in [1.82, 2.24) is 9.47 Å². The first-order chi connectivity index (χ1) is 16.3. The fourth-order valence-electron chi connectivity index (χ4n) is 3.76. The number of likely N-dealkylation sites (N-methyl/N-ethyl adjacent to an activating group) is 1. The lowest BCUT2D eigenvalue weighted by Crippen LogP contribution is -2.36. The molecule has 0 radical (unpaired) electrons. The Kier molecular flexibility index (Phi) is 8.43. The van der Waals surface area contributed by atoms with Gasteiger partial charge in [-0.05, 0) is 44.0 Å². The number of nitrogens with one attached hydrogen (secondary N) is 1. The Morgan fingerprint density at radius 1 is 1.12 bits per heavy atom. The van der Waals surface area contributed by atoms with Crippen molar-refractivity contribution >= 4 is 28.6 Å². The van der Waals surface area contributed by atoms with Crippen molar-refractivity contribution in [1.29, 1.82) is 5.41 Å². The first-order valence-electron chi connectivity index (χ1n) is 11.4. The fourth-order valence-corrected chi connectivity index (χ4v) is 3.76. The SMILES string of the molecule is CCOCCN(CC)C(=O)Oc1ccc2c(c1)c(C(=O)CCc1ccc(C(=N)N)cc1)cn2C. The molecule has 0 aliphatic heterocycles. The van der Waals surface area contributed by atoms with E-state index in [2.05, 4.69) is 0 Å². The maximum atomic E-state index is 13.1. The Balaban J connectivity index is 1.73. The van der Waals surface area contributed by atoms with Crippen molar-refractivity contribution in [2.45, 2.75) is 26.7 Å². The summed E-state index contributed by atoms with van der Waals surface area (Å²) in [4.78, 5) is 27.2. The molecule has 8 nitrogen and oxygen atoms in total. The number of nitrogen functional groups attached to an aromatic ring is 1. The van der Waals surface area contributed by atoms with Crippen LogP contribution in [-0.4, -0.2) is 53.5 Å². The van der Waals surface area contributed by atoms with E-state index in [4.69, 9.17) is 20.6 Å². The van der Waals surface area contributed by atoms with Gasteiger partial charge in [-0.25, -0.2) is 4.79 Å². The smallest absolute Gasteiger partial charge is 0.410 e. The third-order valence-electron chi connectivity index (χ3n) is 5.72. The number of amidine groups is 1. The number of aryl methyl sites for hydroxylation is 2. The molecule has 0 bridgehead atoms. The van der Waals surface area contributed by atoms with E-state index >= 15 is 0 Å². The molecule has 0 aliphatic rings. The average molecular weight is 465 g/mol. The molecule has 34 heavy (non-hydrogen) atoms. The molecule has 3 rings (SSSR count). The lowest BCUT2D eigenvalue weighted by molar-refractivity contribution is 0.0984. The number of carbonyl (C=O) groups is 2. The Morgan fingerprint density at radius 2 is 1.85 bits per heavy atom. The summed E-state index contributed by atoms with van der Waals surface area (Å²) in [6, 6.07) is 12.7. The number of nitrogens with zero attached hydrogens (tertiary/aromatic N) is 2. The van der Waals surface area contributed by atoms with Gasteiger partial charge in [-0.2, -0.15) is 0 Å². The topological polar surface area (TPSA) is 111 Å². The van der Waals surface area contributed by atoms with E-state index in [0.717, 1.165) is 16.5 Å². The number of ether oxygens (including phenoxy) is 2. The molecule has 2 aromatic carbocycles. The second kappa shape index (κ2) is 11.5. The maximum Gasteiger partial charge on any atom is 0.415 e. The average Bonchev–Trinajstić information content (AvgIpc) is 3.16. The van der Waals surface area contributed by atoms with E-state index in [1.165, 1.54) is 0 Å². The molecule has 0 spiro atoms. The van der Waals surface area contributed by atoms with Crippen molar-refractivity contribution in [3.05, 3.63) is 65.4 Å². The van der Waals surface area contributed by atoms with Gasteiger partial charge in [0, 0.05) is 61.4 Å². The number of hydrogen-bond donors (Lipinski definition) is 2. The predicted molar refractivity (Wildman–Crippen MR) is 133 cm³/mol. The van der Waals surface area contributed by atoms with Crippen molar-refractivity contribution in [3.8, 4) is 5.75 Å². The van der Waals surface area contributed by atoms with Crippen LogP contribution in [0.2, 0.25) is 0 Å². The minimum Gasteiger partial charge on any atom is -0.410 e. The molecule has 0 aliphatic carbocycles. The van der Waals surface area contributed by atoms with Gasteiger partial charge in [0.2, 0.25) is 0 Å². The quantitative estimate of drug-likeness (QED) is 0.192. The third kappa shape index (κ3) is 6.02. The van der Waals surface area contributed by atoms with E-state index in [0.29, 0.717) is 56.0 Å². The Bertz CT molecular complexity index is 1170. The van der Waals surface area contributed by atoms with Crippen molar-refractivity contribution in [2.24, 2.45) is 12.8 Å². The summed E-state index contributed by atoms with van der Waals surface area (Å²) in [6.07, 6.45) is 2.29. The summed E-state index contributed by atoms with van der Waals surface area (Å²) < 4.78 is 12.8. The van der Waals surface area contributed by atoms with Crippen LogP contribution in [0.3, 0.4) is 0 Å². The summed E-state index contributed by atoms with van der Waals surface area (Å²) in [5.74, 6) is 0.426. The number of rotatable bonds is 11. The van der Waals surface area contributed by atoms with Crippen molar-refractivity contribution < 1.29 is 19.1 Å². The summed E-state index contributed by atoms with van der Waals surface area (Å²) >= 11 is 0. The van der Waals surface area contributed by atoms with Crippen LogP contribution < -0.4 is 10.5 Å². The molecule has 8 heteroatoms. The Hall–Kier alpha value is -3.65. The highest BCUT2D eigenvalue weighted by Crippen LogP contribution is 2.27. The van der Waals surface area contributed by atoms with Crippen LogP contribution in [0, 0.1) is 5.41 Å². The Labute approximate surface area is 199 Å². The fraction of sp³-hybridized carbons (Fsp3) is 0.346. The van der Waals surface area contributed by atoms with E-state index in [1.807, 2.05) is 49.9 Å². The molecule has 0 atom stereocenters. The van der Waals surface area contributed by atoms with Gasteiger partial charge >= 0.3 is 6.09 Å². The van der Waals surface area contributed by atoms with Crippen molar-refractivity contribution in [3.63, 3.8) is 0 Å². The first kappa shape index (κ1) is 25.0. The summed E-state index contributed by atoms with van der Waals surface area (Å²) in [6.45, 7) is 5.81. The number of Topliss-reactive ketones (excluding diaryl/α,β-unsaturated/α-hetero) is 1. The van der Waals surface area contributed by atoms with Gasteiger partial charge in [0.15, 0.2) is 5.78 Å². The molecule has 0 saturated heterocycles. The number of amides is 1. The summed E-state index contributed by atoms with van der Waals surface area (Å²) in [5.41, 5.74) is 8.64. The monoisotopic (exact) mass is 464 g/mol. The van der Waals surface area contributed by atoms with Gasteiger partial charge < -0.3 is 24.7 Å². The number of carbonyl (C=O) groups excluding carboxylic acids is 2. The van der Waals surface area contributed by atoms with Gasteiger partial charge in [0.25, 0.3) is 0 Å². The zero-order chi connectivity index (χ0) is 24.7. The van der Waals surface area contributed by atoms with Crippen LogP contribution >= 0.6 is 0 Å². The second-order valence-corrected chi connectivity index (χ2v) is 8.01. The van der Waals surface area contributed by atoms with Gasteiger partial charge in [0.05, 0.1) is 6.61 Å². The number of benzene rings is 2. The molecular formula is C26H32N4O4. The van der Waals surface area contributed by atoms with E-state index in [9.17, 15) is 9.59 Å². The van der Waals surface area contributed by atoms with Crippen LogP contribution in [0.15, 0.2) is 48.7 Å². The number of hydrogen-bond acceptors (Lipinski definition) is 5. The van der Waals surface area contributed by atoms with E-state index < -0.39 is 6.09 Å². The van der Waals surface area contributed by atoms with Crippen LogP contribution in [0.4, 0.5) is 4.79 Å². The minimum absolute atomic E-state index is 0.0108. The second-order valence-electron chi connectivity index (χ2n) is 8.01. The zero-order valence-corrected chi connectivity index (χ0v) is 20.0. The standard InChI is InChI=1S/C26H32N4O4/c1-4-30(14-15-33-5-2)26(32)34-20-11-12-23-21(16-20)22(17-29(23)3)24(31)13-8-18-6-9-19(10-7-18)25(27)28/h6-7,9-12,16-17H,4-5,8,13-15H2,1-3H3,(H3,27,28). The largest absolute Gasteiger partial charge is 0.415 e. The lowest BCUT2D eigenvalue weighted by Gasteiger charge is -2.20. The molecular weight excluding hydrogens is 432 g/mol. The minimum atomic E-state index is -0.445. The molecule has 180 valence electrons. The van der Waals surface area contributed by atoms with Gasteiger partial charge in [-0.15, -0.1) is 0 Å². The van der Waals surface area contributed by atoms with Crippen LogP contribution in [0.25, 0.3) is 10.9 Å². The molecule has 1 aromatic heterocycles. The molecule has 1 heterocycles. The molecule has 0 unspecified atom stereocenters. The summed E-state index contributed by atoms with van der Waals surface area (Å²) in [7, 11) is 1.89.